The number of rotatable bonds is 2. The zero-order chi connectivity index (χ0) is 15.1. The molecule has 0 bridgehead atoms. The van der Waals surface area contributed by atoms with Crippen molar-refractivity contribution in [3.8, 4) is 0 Å². The number of aryl methyl sites for hydroxylation is 3. The lowest BCUT2D eigenvalue weighted by atomic mass is 10.1. The highest BCUT2D eigenvalue weighted by Gasteiger charge is 2.12. The second-order valence-corrected chi connectivity index (χ2v) is 5.40. The molecule has 2 N–H and O–H groups in total. The molecule has 21 heavy (non-hydrogen) atoms. The van der Waals surface area contributed by atoms with Gasteiger partial charge < -0.3 is 5.73 Å². The number of benzene rings is 1. The number of nitrogens with zero attached hydrogens (tertiary/aromatic N) is 3. The Labute approximate surface area is 122 Å². The normalized spacial score (nSPS) is 11.2. The summed E-state index contributed by atoms with van der Waals surface area (Å²) in [6, 6.07) is 5.58. The summed E-state index contributed by atoms with van der Waals surface area (Å²) in [4.78, 5) is 8.74. The predicted molar refractivity (Wildman–Crippen MR) is 81.7 cm³/mol. The Hall–Kier alpha value is -2.43. The maximum atomic E-state index is 13.7. The van der Waals surface area contributed by atoms with Gasteiger partial charge >= 0.3 is 0 Å². The minimum absolute atomic E-state index is 0.156. The molecule has 0 radical (unpaired) electrons. The molecular weight excluding hydrogens is 267 g/mol. The summed E-state index contributed by atoms with van der Waals surface area (Å²) < 4.78 is 15.6. The first kappa shape index (κ1) is 13.5. The number of nitrogens with two attached hydrogens (primary N) is 1. The van der Waals surface area contributed by atoms with Gasteiger partial charge in [-0.2, -0.15) is 0 Å². The van der Waals surface area contributed by atoms with E-state index in [1.165, 1.54) is 0 Å². The molecule has 0 spiro atoms. The Morgan fingerprint density at radius 2 is 1.81 bits per heavy atom. The van der Waals surface area contributed by atoms with Crippen LogP contribution in [0.3, 0.4) is 0 Å². The molecule has 0 aliphatic carbocycles. The van der Waals surface area contributed by atoms with Crippen LogP contribution in [-0.4, -0.2) is 14.5 Å². The largest absolute Gasteiger partial charge is 0.369 e. The number of pyridine rings is 1. The van der Waals surface area contributed by atoms with Crippen molar-refractivity contribution in [3.05, 3.63) is 52.5 Å². The lowest BCUT2D eigenvalue weighted by molar-refractivity contribution is 0.607. The first-order valence-corrected chi connectivity index (χ1v) is 6.80. The van der Waals surface area contributed by atoms with E-state index in [-0.39, 0.29) is 5.82 Å². The predicted octanol–water partition coefficient (Wildman–Crippen LogP) is 3.13. The summed E-state index contributed by atoms with van der Waals surface area (Å²) in [5.74, 6) is 0.266. The maximum absolute atomic E-state index is 13.7. The molecule has 0 saturated carbocycles. The van der Waals surface area contributed by atoms with Crippen LogP contribution in [-0.2, 0) is 6.54 Å². The van der Waals surface area contributed by atoms with Gasteiger partial charge in [0.1, 0.15) is 11.3 Å². The highest BCUT2D eigenvalue weighted by Crippen LogP contribution is 2.22. The van der Waals surface area contributed by atoms with Crippen LogP contribution in [0.25, 0.3) is 11.2 Å². The van der Waals surface area contributed by atoms with E-state index in [1.807, 2.05) is 29.7 Å². The first-order chi connectivity index (χ1) is 9.97. The molecular formula is C16H17FN4. The van der Waals surface area contributed by atoms with Gasteiger partial charge in [0.05, 0.1) is 6.54 Å². The third-order valence-electron chi connectivity index (χ3n) is 3.70. The van der Waals surface area contributed by atoms with Crippen molar-refractivity contribution in [2.45, 2.75) is 27.3 Å². The average molecular weight is 284 g/mol. The summed E-state index contributed by atoms with van der Waals surface area (Å²) in [6.45, 7) is 6.04. The Balaban J connectivity index is 2.10. The second kappa shape index (κ2) is 4.84. The van der Waals surface area contributed by atoms with Crippen LogP contribution in [0.2, 0.25) is 0 Å². The Kier molecular flexibility index (Phi) is 3.12. The van der Waals surface area contributed by atoms with Crippen LogP contribution in [0.15, 0.2) is 24.4 Å². The van der Waals surface area contributed by atoms with E-state index in [0.29, 0.717) is 23.6 Å². The van der Waals surface area contributed by atoms with Crippen LogP contribution >= 0.6 is 0 Å². The van der Waals surface area contributed by atoms with Crippen LogP contribution in [0, 0.1) is 26.6 Å². The smallest absolute Gasteiger partial charge is 0.202 e. The molecule has 0 unspecified atom stereocenters. The molecule has 0 atom stereocenters. The standard InChI is InChI=1S/C16H17FN4/c1-9-4-5-19-15-14(9)20-16(18)21(15)8-12-6-10(2)13(17)11(3)7-12/h4-7H,8H2,1-3H3,(H2,18,20). The van der Waals surface area contributed by atoms with Crippen molar-refractivity contribution in [2.75, 3.05) is 5.73 Å². The molecule has 0 amide bonds. The molecule has 4 nitrogen and oxygen atoms in total. The Morgan fingerprint density at radius 1 is 1.14 bits per heavy atom. The number of fused-ring (bicyclic) bond motifs is 1. The van der Waals surface area contributed by atoms with Gasteiger partial charge in [0.15, 0.2) is 5.65 Å². The summed E-state index contributed by atoms with van der Waals surface area (Å²) >= 11 is 0. The lowest BCUT2D eigenvalue weighted by Crippen LogP contribution is -2.06. The van der Waals surface area contributed by atoms with E-state index >= 15 is 0 Å². The molecule has 0 fully saturated rings. The van der Waals surface area contributed by atoms with Crippen molar-refractivity contribution in [3.63, 3.8) is 0 Å². The molecule has 108 valence electrons. The van der Waals surface area contributed by atoms with E-state index in [2.05, 4.69) is 9.97 Å². The minimum atomic E-state index is -0.156. The highest BCUT2D eigenvalue weighted by molar-refractivity contribution is 5.77. The quantitative estimate of drug-likeness (QED) is 0.786. The van der Waals surface area contributed by atoms with Gasteiger partial charge in [-0.3, -0.25) is 4.57 Å². The van der Waals surface area contributed by atoms with Gasteiger partial charge in [0, 0.05) is 6.20 Å². The zero-order valence-electron chi connectivity index (χ0n) is 12.3. The molecule has 5 heteroatoms. The minimum Gasteiger partial charge on any atom is -0.369 e. The summed E-state index contributed by atoms with van der Waals surface area (Å²) in [5.41, 5.74) is 10.9. The number of hydrogen-bond donors (Lipinski definition) is 1. The van der Waals surface area contributed by atoms with Crippen LogP contribution in [0.1, 0.15) is 22.3 Å². The number of anilines is 1. The first-order valence-electron chi connectivity index (χ1n) is 6.80. The van der Waals surface area contributed by atoms with Crippen LogP contribution in [0.4, 0.5) is 10.3 Å². The number of hydrogen-bond acceptors (Lipinski definition) is 3. The number of imidazole rings is 1. The van der Waals surface area contributed by atoms with Crippen LogP contribution in [0.5, 0.6) is 0 Å². The van der Waals surface area contributed by atoms with E-state index in [4.69, 9.17) is 5.73 Å². The molecule has 1 aromatic carbocycles. The van der Waals surface area contributed by atoms with Gasteiger partial charge in [-0.15, -0.1) is 0 Å². The summed E-state index contributed by atoms with van der Waals surface area (Å²) in [7, 11) is 0. The number of nitrogen functional groups attached to an aromatic ring is 1. The van der Waals surface area contributed by atoms with Crippen LogP contribution < -0.4 is 5.73 Å². The van der Waals surface area contributed by atoms with Gasteiger partial charge in [-0.05, 0) is 49.1 Å². The maximum Gasteiger partial charge on any atom is 0.202 e. The number of halogens is 1. The fourth-order valence-corrected chi connectivity index (χ4v) is 2.62. The van der Waals surface area contributed by atoms with Crippen molar-refractivity contribution in [1.29, 1.82) is 0 Å². The molecule has 0 saturated heterocycles. The summed E-state index contributed by atoms with van der Waals surface area (Å²) in [6.07, 6.45) is 1.75. The summed E-state index contributed by atoms with van der Waals surface area (Å²) in [5, 5.41) is 0. The molecule has 0 aliphatic heterocycles. The highest BCUT2D eigenvalue weighted by atomic mass is 19.1. The van der Waals surface area contributed by atoms with Gasteiger partial charge in [-0.25, -0.2) is 14.4 Å². The van der Waals surface area contributed by atoms with Crippen molar-refractivity contribution >= 4 is 17.1 Å². The SMILES string of the molecule is Cc1cc(Cn2c(N)nc3c(C)ccnc32)cc(C)c1F. The molecule has 2 heterocycles. The third kappa shape index (κ3) is 2.24. The monoisotopic (exact) mass is 284 g/mol. The average Bonchev–Trinajstić information content (AvgIpc) is 2.75. The fraction of sp³-hybridized carbons (Fsp3) is 0.250. The van der Waals surface area contributed by atoms with E-state index in [1.54, 1.807) is 20.0 Å². The van der Waals surface area contributed by atoms with Crippen molar-refractivity contribution < 1.29 is 4.39 Å². The van der Waals surface area contributed by atoms with E-state index < -0.39 is 0 Å². The Morgan fingerprint density at radius 3 is 2.48 bits per heavy atom. The van der Waals surface area contributed by atoms with Crippen molar-refractivity contribution in [1.82, 2.24) is 14.5 Å². The molecule has 0 aliphatic rings. The van der Waals surface area contributed by atoms with Gasteiger partial charge in [-0.1, -0.05) is 12.1 Å². The Bertz CT molecular complexity index is 813. The van der Waals surface area contributed by atoms with E-state index in [9.17, 15) is 4.39 Å². The molecule has 2 aromatic heterocycles. The van der Waals surface area contributed by atoms with Crippen molar-refractivity contribution in [2.24, 2.45) is 0 Å². The number of aromatic nitrogens is 3. The van der Waals surface area contributed by atoms with E-state index in [0.717, 1.165) is 22.3 Å². The lowest BCUT2D eigenvalue weighted by Gasteiger charge is -2.09. The van der Waals surface area contributed by atoms with Gasteiger partial charge in [0.2, 0.25) is 5.95 Å². The fourth-order valence-electron chi connectivity index (χ4n) is 2.62. The molecule has 3 aromatic rings. The molecule has 3 rings (SSSR count). The topological polar surface area (TPSA) is 56.7 Å². The zero-order valence-corrected chi connectivity index (χ0v) is 12.3. The third-order valence-corrected chi connectivity index (χ3v) is 3.70. The van der Waals surface area contributed by atoms with Gasteiger partial charge in [0.25, 0.3) is 0 Å². The second-order valence-electron chi connectivity index (χ2n) is 5.40.